The summed E-state index contributed by atoms with van der Waals surface area (Å²) < 4.78 is 0.849. The molecule has 0 radical (unpaired) electrons. The molecule has 0 aliphatic rings. The number of benzene rings is 1. The molecule has 92 valence electrons. The smallest absolute Gasteiger partial charge is 0.100 e. The van der Waals surface area contributed by atoms with Gasteiger partial charge in [0.15, 0.2) is 0 Å². The minimum atomic E-state index is 0.160. The summed E-state index contributed by atoms with van der Waals surface area (Å²) in [7, 11) is 0. The Bertz CT molecular complexity index is 408. The summed E-state index contributed by atoms with van der Waals surface area (Å²) in [4.78, 5) is 0. The highest BCUT2D eigenvalue weighted by Crippen LogP contribution is 2.28. The number of rotatable bonds is 5. The Balaban J connectivity index is 2.95. The monoisotopic (exact) mass is 294 g/mol. The third-order valence-corrected chi connectivity index (χ3v) is 4.19. The van der Waals surface area contributed by atoms with Crippen molar-refractivity contribution in [3.8, 4) is 6.07 Å². The molecule has 0 bridgehead atoms. The van der Waals surface area contributed by atoms with Crippen molar-refractivity contribution in [3.63, 3.8) is 0 Å². The third-order valence-electron chi connectivity index (χ3n) is 3.53. The van der Waals surface area contributed by atoms with E-state index in [9.17, 15) is 0 Å². The predicted molar refractivity (Wildman–Crippen MR) is 76.1 cm³/mol. The summed E-state index contributed by atoms with van der Waals surface area (Å²) in [5.41, 5.74) is 1.90. The highest BCUT2D eigenvalue weighted by molar-refractivity contribution is 9.10. The molecule has 0 saturated carbocycles. The molecule has 2 nitrogen and oxygen atoms in total. The van der Waals surface area contributed by atoms with E-state index in [-0.39, 0.29) is 5.54 Å². The lowest BCUT2D eigenvalue weighted by Crippen LogP contribution is -2.36. The molecule has 0 aromatic heterocycles. The molecular formula is C14H19BrN2. The van der Waals surface area contributed by atoms with Crippen LogP contribution in [0.2, 0.25) is 0 Å². The number of anilines is 1. The quantitative estimate of drug-likeness (QED) is 0.854. The Hall–Kier alpha value is -1.01. The molecule has 17 heavy (non-hydrogen) atoms. The lowest BCUT2D eigenvalue weighted by Gasteiger charge is -2.33. The van der Waals surface area contributed by atoms with Gasteiger partial charge < -0.3 is 5.32 Å². The van der Waals surface area contributed by atoms with Gasteiger partial charge in [0, 0.05) is 15.7 Å². The van der Waals surface area contributed by atoms with Crippen molar-refractivity contribution in [3.05, 3.63) is 28.2 Å². The molecule has 0 saturated heterocycles. The molecule has 0 atom stereocenters. The maximum atomic E-state index is 8.88. The van der Waals surface area contributed by atoms with Crippen LogP contribution >= 0.6 is 15.9 Å². The van der Waals surface area contributed by atoms with Gasteiger partial charge >= 0.3 is 0 Å². The Kier molecular flexibility index (Phi) is 5.02. The minimum Gasteiger partial charge on any atom is -0.380 e. The SMILES string of the molecule is CCC(CC)(CC)Nc1ccc(C#N)c(Br)c1. The fourth-order valence-corrected chi connectivity index (χ4v) is 2.47. The van der Waals surface area contributed by atoms with Gasteiger partial charge in [0.25, 0.3) is 0 Å². The summed E-state index contributed by atoms with van der Waals surface area (Å²) in [6.45, 7) is 6.62. The normalized spacial score (nSPS) is 11.0. The van der Waals surface area contributed by atoms with E-state index < -0.39 is 0 Å². The molecule has 0 unspecified atom stereocenters. The number of nitriles is 1. The largest absolute Gasteiger partial charge is 0.380 e. The maximum Gasteiger partial charge on any atom is 0.100 e. The summed E-state index contributed by atoms with van der Waals surface area (Å²) in [5, 5.41) is 12.5. The van der Waals surface area contributed by atoms with Gasteiger partial charge in [0.1, 0.15) is 6.07 Å². The first-order valence-electron chi connectivity index (χ1n) is 6.08. The van der Waals surface area contributed by atoms with Gasteiger partial charge in [-0.25, -0.2) is 0 Å². The topological polar surface area (TPSA) is 35.8 Å². The first-order chi connectivity index (χ1) is 8.10. The summed E-state index contributed by atoms with van der Waals surface area (Å²) in [6.07, 6.45) is 3.28. The highest BCUT2D eigenvalue weighted by Gasteiger charge is 2.23. The first-order valence-corrected chi connectivity index (χ1v) is 6.88. The van der Waals surface area contributed by atoms with Crippen LogP contribution in [0.5, 0.6) is 0 Å². The first kappa shape index (κ1) is 14.1. The Labute approximate surface area is 112 Å². The zero-order valence-electron chi connectivity index (χ0n) is 10.7. The van der Waals surface area contributed by atoms with Crippen molar-refractivity contribution in [2.45, 2.75) is 45.6 Å². The van der Waals surface area contributed by atoms with Gasteiger partial charge in [-0.15, -0.1) is 0 Å². The summed E-state index contributed by atoms with van der Waals surface area (Å²) in [5.74, 6) is 0. The van der Waals surface area contributed by atoms with Crippen LogP contribution in [-0.2, 0) is 0 Å². The minimum absolute atomic E-state index is 0.160. The van der Waals surface area contributed by atoms with E-state index in [2.05, 4.69) is 48.1 Å². The Morgan fingerprint density at radius 1 is 1.24 bits per heavy atom. The van der Waals surface area contributed by atoms with E-state index >= 15 is 0 Å². The number of halogens is 1. The van der Waals surface area contributed by atoms with Crippen LogP contribution in [0.4, 0.5) is 5.69 Å². The van der Waals surface area contributed by atoms with E-state index in [4.69, 9.17) is 5.26 Å². The standard InChI is InChI=1S/C14H19BrN2/c1-4-14(5-2,6-3)17-12-8-7-11(10-16)13(15)9-12/h7-9,17H,4-6H2,1-3H3. The van der Waals surface area contributed by atoms with Crippen LogP contribution in [-0.4, -0.2) is 5.54 Å². The van der Waals surface area contributed by atoms with Gasteiger partial charge in [0.2, 0.25) is 0 Å². The third kappa shape index (κ3) is 3.23. The van der Waals surface area contributed by atoms with Gasteiger partial charge in [-0.3, -0.25) is 0 Å². The predicted octanol–water partition coefficient (Wildman–Crippen LogP) is 4.70. The summed E-state index contributed by atoms with van der Waals surface area (Å²) in [6, 6.07) is 7.95. The van der Waals surface area contributed by atoms with Crippen molar-refractivity contribution in [2.75, 3.05) is 5.32 Å². The fraction of sp³-hybridized carbons (Fsp3) is 0.500. The van der Waals surface area contributed by atoms with Crippen LogP contribution in [0, 0.1) is 11.3 Å². The van der Waals surface area contributed by atoms with Crippen LogP contribution in [0.25, 0.3) is 0 Å². The van der Waals surface area contributed by atoms with Crippen LogP contribution in [0.1, 0.15) is 45.6 Å². The molecule has 1 N–H and O–H groups in total. The number of nitrogens with one attached hydrogen (secondary N) is 1. The van der Waals surface area contributed by atoms with Crippen molar-refractivity contribution < 1.29 is 0 Å². The van der Waals surface area contributed by atoms with E-state index in [1.54, 1.807) is 0 Å². The molecule has 1 aromatic carbocycles. The summed E-state index contributed by atoms with van der Waals surface area (Å²) >= 11 is 3.42. The van der Waals surface area contributed by atoms with Gasteiger partial charge in [-0.2, -0.15) is 5.26 Å². The van der Waals surface area contributed by atoms with Gasteiger partial charge in [-0.05, 0) is 53.4 Å². The van der Waals surface area contributed by atoms with Crippen molar-refractivity contribution in [1.82, 2.24) is 0 Å². The second-order valence-electron chi connectivity index (χ2n) is 4.27. The van der Waals surface area contributed by atoms with E-state index in [0.717, 1.165) is 29.4 Å². The molecule has 0 aliphatic carbocycles. The second-order valence-corrected chi connectivity index (χ2v) is 5.13. The molecule has 0 spiro atoms. The Morgan fingerprint density at radius 3 is 2.24 bits per heavy atom. The molecule has 0 aliphatic heterocycles. The lowest BCUT2D eigenvalue weighted by molar-refractivity contribution is 0.420. The average molecular weight is 295 g/mol. The van der Waals surface area contributed by atoms with Crippen LogP contribution < -0.4 is 5.32 Å². The van der Waals surface area contributed by atoms with E-state index in [0.29, 0.717) is 5.56 Å². The fourth-order valence-electron chi connectivity index (χ4n) is 2.00. The van der Waals surface area contributed by atoms with E-state index in [1.165, 1.54) is 0 Å². The van der Waals surface area contributed by atoms with Gasteiger partial charge in [-0.1, -0.05) is 20.8 Å². The van der Waals surface area contributed by atoms with E-state index in [1.807, 2.05) is 18.2 Å². The highest BCUT2D eigenvalue weighted by atomic mass is 79.9. The van der Waals surface area contributed by atoms with Crippen molar-refractivity contribution in [2.24, 2.45) is 0 Å². The zero-order chi connectivity index (χ0) is 12.9. The molecule has 3 heteroatoms. The van der Waals surface area contributed by atoms with Crippen LogP contribution in [0.15, 0.2) is 22.7 Å². The molecule has 0 fully saturated rings. The number of nitrogens with zero attached hydrogens (tertiary/aromatic N) is 1. The zero-order valence-corrected chi connectivity index (χ0v) is 12.3. The van der Waals surface area contributed by atoms with Crippen LogP contribution in [0.3, 0.4) is 0 Å². The molecule has 1 rings (SSSR count). The van der Waals surface area contributed by atoms with Gasteiger partial charge in [0.05, 0.1) is 5.56 Å². The molecule has 1 aromatic rings. The maximum absolute atomic E-state index is 8.88. The molecule has 0 heterocycles. The average Bonchev–Trinajstić information content (AvgIpc) is 2.36. The Morgan fingerprint density at radius 2 is 1.82 bits per heavy atom. The molecular weight excluding hydrogens is 276 g/mol. The molecule has 0 amide bonds. The van der Waals surface area contributed by atoms with Crippen molar-refractivity contribution >= 4 is 21.6 Å². The lowest BCUT2D eigenvalue weighted by atomic mass is 9.89. The number of hydrogen-bond donors (Lipinski definition) is 1. The second kappa shape index (κ2) is 6.07. The van der Waals surface area contributed by atoms with Crippen molar-refractivity contribution in [1.29, 1.82) is 5.26 Å². The number of hydrogen-bond acceptors (Lipinski definition) is 2.